The van der Waals surface area contributed by atoms with E-state index in [4.69, 9.17) is 0 Å². The van der Waals surface area contributed by atoms with Crippen LogP contribution in [0.2, 0.25) is 0 Å². The predicted molar refractivity (Wildman–Crippen MR) is 102 cm³/mol. The third-order valence-electron chi connectivity index (χ3n) is 4.29. The molecule has 0 bridgehead atoms. The van der Waals surface area contributed by atoms with Crippen molar-refractivity contribution in [1.29, 1.82) is 0 Å². The van der Waals surface area contributed by atoms with Gasteiger partial charge in [0.25, 0.3) is 5.91 Å². The average molecular weight is 367 g/mol. The average Bonchev–Trinajstić information content (AvgIpc) is 3.08. The van der Waals surface area contributed by atoms with Gasteiger partial charge in [0.2, 0.25) is 5.91 Å². The van der Waals surface area contributed by atoms with E-state index in [1.54, 1.807) is 10.3 Å². The molecule has 1 fully saturated rings. The second-order valence-electron chi connectivity index (χ2n) is 7.05. The van der Waals surface area contributed by atoms with Gasteiger partial charge in [-0.2, -0.15) is 0 Å². The van der Waals surface area contributed by atoms with E-state index in [2.05, 4.69) is 36.4 Å². The first-order valence-corrected chi connectivity index (χ1v) is 10.2. The summed E-state index contributed by atoms with van der Waals surface area (Å²) < 4.78 is 0. The molecule has 1 atom stereocenters. The first-order valence-electron chi connectivity index (χ1n) is 9.27. The number of carbonyl (C=O) groups excluding carboxylic acids is 2. The van der Waals surface area contributed by atoms with E-state index in [-0.39, 0.29) is 17.7 Å². The number of carbonyl (C=O) groups is 2. The van der Waals surface area contributed by atoms with Crippen molar-refractivity contribution in [3.63, 3.8) is 0 Å². The maximum Gasteiger partial charge on any atom is 0.273 e. The summed E-state index contributed by atoms with van der Waals surface area (Å²) in [5.41, 5.74) is 0.479. The quantitative estimate of drug-likeness (QED) is 0.694. The highest BCUT2D eigenvalue weighted by atomic mass is 32.1. The van der Waals surface area contributed by atoms with Gasteiger partial charge in [0.15, 0.2) is 5.13 Å². The molecular weight excluding hydrogens is 336 g/mol. The van der Waals surface area contributed by atoms with Crippen molar-refractivity contribution in [1.82, 2.24) is 15.2 Å². The predicted octanol–water partition coefficient (Wildman–Crippen LogP) is 2.98. The molecule has 6 nitrogen and oxygen atoms in total. The van der Waals surface area contributed by atoms with Gasteiger partial charge in [-0.15, -0.1) is 11.3 Å². The van der Waals surface area contributed by atoms with Crippen LogP contribution in [-0.2, 0) is 4.79 Å². The number of amides is 2. The molecule has 0 saturated carbocycles. The minimum absolute atomic E-state index is 0.0615. The summed E-state index contributed by atoms with van der Waals surface area (Å²) in [6.07, 6.45) is 3.91. The second kappa shape index (κ2) is 9.75. The number of likely N-dealkylation sites (tertiary alicyclic amines) is 1. The number of rotatable bonds is 8. The Bertz CT molecular complexity index is 573. The lowest BCUT2D eigenvalue weighted by atomic mass is 9.96. The van der Waals surface area contributed by atoms with E-state index in [9.17, 15) is 9.59 Å². The van der Waals surface area contributed by atoms with E-state index >= 15 is 0 Å². The van der Waals surface area contributed by atoms with E-state index < -0.39 is 0 Å². The zero-order valence-electron chi connectivity index (χ0n) is 15.5. The van der Waals surface area contributed by atoms with Crippen molar-refractivity contribution >= 4 is 28.3 Å². The lowest BCUT2D eigenvalue weighted by Gasteiger charge is -2.31. The van der Waals surface area contributed by atoms with Crippen molar-refractivity contribution in [3.8, 4) is 0 Å². The van der Waals surface area contributed by atoms with Crippen LogP contribution in [-0.4, -0.2) is 47.9 Å². The standard InChI is InChI=1S/C18H30N4O2S/c1-4-5-8-19-18-21-15(12-25-18)17(24)22-9-6-7-14(11-22)16(23)20-10-13(2)3/h12-14H,4-11H2,1-3H3,(H,19,21)(H,20,23). The molecular formula is C18H30N4O2S. The minimum atomic E-state index is -0.114. The summed E-state index contributed by atoms with van der Waals surface area (Å²) in [6, 6.07) is 0. The van der Waals surface area contributed by atoms with Crippen molar-refractivity contribution in [2.75, 3.05) is 31.5 Å². The molecule has 1 aromatic heterocycles. The van der Waals surface area contributed by atoms with Crippen molar-refractivity contribution in [2.45, 2.75) is 46.5 Å². The topological polar surface area (TPSA) is 74.3 Å². The zero-order chi connectivity index (χ0) is 18.2. The molecule has 1 aromatic rings. The van der Waals surface area contributed by atoms with Gasteiger partial charge in [-0.3, -0.25) is 9.59 Å². The van der Waals surface area contributed by atoms with E-state index in [1.807, 2.05) is 0 Å². The Balaban J connectivity index is 1.89. The van der Waals surface area contributed by atoms with Crippen LogP contribution in [0.1, 0.15) is 56.9 Å². The maximum absolute atomic E-state index is 12.7. The van der Waals surface area contributed by atoms with Crippen molar-refractivity contribution < 1.29 is 9.59 Å². The van der Waals surface area contributed by atoms with Crippen LogP contribution in [0.3, 0.4) is 0 Å². The molecule has 1 unspecified atom stereocenters. The van der Waals surface area contributed by atoms with Gasteiger partial charge in [-0.1, -0.05) is 27.2 Å². The Morgan fingerprint density at radius 3 is 2.96 bits per heavy atom. The number of unbranched alkanes of at least 4 members (excludes halogenated alkanes) is 1. The fourth-order valence-corrected chi connectivity index (χ4v) is 3.53. The number of thiazole rings is 1. The molecule has 2 rings (SSSR count). The molecule has 1 saturated heterocycles. The van der Waals surface area contributed by atoms with Gasteiger partial charge < -0.3 is 15.5 Å². The maximum atomic E-state index is 12.7. The SMILES string of the molecule is CCCCNc1nc(C(=O)N2CCCC(C(=O)NCC(C)C)C2)cs1. The molecule has 25 heavy (non-hydrogen) atoms. The number of piperidine rings is 1. The number of anilines is 1. The van der Waals surface area contributed by atoms with Crippen LogP contribution >= 0.6 is 11.3 Å². The summed E-state index contributed by atoms with van der Waals surface area (Å²) in [4.78, 5) is 31.1. The molecule has 7 heteroatoms. The minimum Gasteiger partial charge on any atom is -0.362 e. The van der Waals surface area contributed by atoms with Crippen LogP contribution in [0, 0.1) is 11.8 Å². The van der Waals surface area contributed by atoms with Gasteiger partial charge >= 0.3 is 0 Å². The highest BCUT2D eigenvalue weighted by Gasteiger charge is 2.29. The van der Waals surface area contributed by atoms with Crippen LogP contribution in [0.25, 0.3) is 0 Å². The summed E-state index contributed by atoms with van der Waals surface area (Å²) in [5, 5.41) is 8.83. The molecule has 2 heterocycles. The normalized spacial score (nSPS) is 17.6. The molecule has 0 aliphatic carbocycles. The lowest BCUT2D eigenvalue weighted by Crippen LogP contribution is -2.46. The summed E-state index contributed by atoms with van der Waals surface area (Å²) in [7, 11) is 0. The number of hydrogen-bond donors (Lipinski definition) is 2. The van der Waals surface area contributed by atoms with Crippen LogP contribution in [0.4, 0.5) is 5.13 Å². The van der Waals surface area contributed by atoms with Gasteiger partial charge in [0, 0.05) is 31.6 Å². The zero-order valence-corrected chi connectivity index (χ0v) is 16.3. The van der Waals surface area contributed by atoms with Gasteiger partial charge in [0.1, 0.15) is 5.69 Å². The first kappa shape index (κ1) is 19.7. The third kappa shape index (κ3) is 5.99. The molecule has 1 aliphatic rings. The number of nitrogens with one attached hydrogen (secondary N) is 2. The number of nitrogens with zero attached hydrogens (tertiary/aromatic N) is 2. The monoisotopic (exact) mass is 366 g/mol. The molecule has 140 valence electrons. The molecule has 2 amide bonds. The first-order chi connectivity index (χ1) is 12.0. The van der Waals surface area contributed by atoms with Crippen LogP contribution < -0.4 is 10.6 Å². The molecule has 1 aliphatic heterocycles. The summed E-state index contributed by atoms with van der Waals surface area (Å²) in [5.74, 6) is 0.309. The van der Waals surface area contributed by atoms with Gasteiger partial charge in [-0.25, -0.2) is 4.98 Å². The third-order valence-corrected chi connectivity index (χ3v) is 5.09. The van der Waals surface area contributed by atoms with Crippen molar-refractivity contribution in [3.05, 3.63) is 11.1 Å². The Kier molecular flexibility index (Phi) is 7.68. The molecule has 2 N–H and O–H groups in total. The highest BCUT2D eigenvalue weighted by molar-refractivity contribution is 7.13. The highest BCUT2D eigenvalue weighted by Crippen LogP contribution is 2.21. The van der Waals surface area contributed by atoms with E-state index in [1.165, 1.54) is 11.3 Å². The molecule has 0 aromatic carbocycles. The van der Waals surface area contributed by atoms with E-state index in [0.29, 0.717) is 31.2 Å². The fourth-order valence-electron chi connectivity index (χ4n) is 2.81. The lowest BCUT2D eigenvalue weighted by molar-refractivity contribution is -0.126. The Labute approximate surface area is 154 Å². The second-order valence-corrected chi connectivity index (χ2v) is 7.91. The Morgan fingerprint density at radius 1 is 1.44 bits per heavy atom. The number of aromatic nitrogens is 1. The van der Waals surface area contributed by atoms with Gasteiger partial charge in [0.05, 0.1) is 5.92 Å². The van der Waals surface area contributed by atoms with Crippen LogP contribution in [0.5, 0.6) is 0 Å². The largest absolute Gasteiger partial charge is 0.362 e. The Morgan fingerprint density at radius 2 is 2.24 bits per heavy atom. The fraction of sp³-hybridized carbons (Fsp3) is 0.722. The summed E-state index contributed by atoms with van der Waals surface area (Å²) >= 11 is 1.46. The molecule has 0 spiro atoms. The smallest absolute Gasteiger partial charge is 0.273 e. The Hall–Kier alpha value is -1.63. The van der Waals surface area contributed by atoms with Gasteiger partial charge in [-0.05, 0) is 25.2 Å². The van der Waals surface area contributed by atoms with Crippen LogP contribution in [0.15, 0.2) is 5.38 Å². The number of hydrogen-bond acceptors (Lipinski definition) is 5. The molecule has 0 radical (unpaired) electrons. The summed E-state index contributed by atoms with van der Waals surface area (Å²) in [6.45, 7) is 9.03. The van der Waals surface area contributed by atoms with Crippen molar-refractivity contribution in [2.24, 2.45) is 11.8 Å². The van der Waals surface area contributed by atoms with E-state index in [0.717, 1.165) is 37.4 Å².